The first-order valence-electron chi connectivity index (χ1n) is 6.84. The van der Waals surface area contributed by atoms with Crippen LogP contribution in [0, 0.1) is 16.0 Å². The predicted octanol–water partition coefficient (Wildman–Crippen LogP) is 2.57. The highest BCUT2D eigenvalue weighted by atomic mass is 16.6. The van der Waals surface area contributed by atoms with Gasteiger partial charge in [0.25, 0.3) is 5.69 Å². The molecule has 2 atom stereocenters. The van der Waals surface area contributed by atoms with Gasteiger partial charge in [0, 0.05) is 24.4 Å². The summed E-state index contributed by atoms with van der Waals surface area (Å²) in [4.78, 5) is 10.4. The van der Waals surface area contributed by atoms with Crippen LogP contribution in [-0.2, 0) is 0 Å². The number of aliphatic hydroxyl groups excluding tert-OH is 1. The quantitative estimate of drug-likeness (QED) is 0.639. The summed E-state index contributed by atoms with van der Waals surface area (Å²) in [7, 11) is 1.49. The lowest BCUT2D eigenvalue weighted by molar-refractivity contribution is -0.384. The molecule has 1 saturated carbocycles. The Bertz CT molecular complexity index is 478. The topological polar surface area (TPSA) is 84.6 Å². The van der Waals surface area contributed by atoms with Gasteiger partial charge in [-0.1, -0.05) is 6.42 Å². The van der Waals surface area contributed by atoms with Crippen LogP contribution in [0.3, 0.4) is 0 Å². The second-order valence-corrected chi connectivity index (χ2v) is 5.24. The highest BCUT2D eigenvalue weighted by molar-refractivity contribution is 5.56. The molecule has 2 N–H and O–H groups in total. The van der Waals surface area contributed by atoms with Gasteiger partial charge in [0.2, 0.25) is 0 Å². The van der Waals surface area contributed by atoms with Crippen molar-refractivity contribution < 1.29 is 14.8 Å². The van der Waals surface area contributed by atoms with E-state index in [0.29, 0.717) is 23.9 Å². The minimum Gasteiger partial charge on any atom is -0.496 e. The zero-order chi connectivity index (χ0) is 14.5. The average Bonchev–Trinajstić information content (AvgIpc) is 2.45. The number of nitro groups is 1. The van der Waals surface area contributed by atoms with Gasteiger partial charge in [-0.25, -0.2) is 0 Å². The molecule has 2 unspecified atom stereocenters. The van der Waals surface area contributed by atoms with Crippen molar-refractivity contribution in [3.05, 3.63) is 28.3 Å². The van der Waals surface area contributed by atoms with Crippen LogP contribution in [-0.4, -0.2) is 29.8 Å². The molecule has 1 aliphatic carbocycles. The number of nitrogens with zero attached hydrogens (tertiary/aromatic N) is 1. The van der Waals surface area contributed by atoms with E-state index >= 15 is 0 Å². The number of methoxy groups -OCH3 is 1. The van der Waals surface area contributed by atoms with Crippen molar-refractivity contribution in [2.45, 2.75) is 31.8 Å². The van der Waals surface area contributed by atoms with E-state index < -0.39 is 4.92 Å². The highest BCUT2D eigenvalue weighted by Crippen LogP contribution is 2.28. The molecule has 0 aliphatic heterocycles. The number of hydrogen-bond donors (Lipinski definition) is 2. The maximum Gasteiger partial charge on any atom is 0.275 e. The van der Waals surface area contributed by atoms with Crippen LogP contribution in [0.1, 0.15) is 25.7 Å². The number of rotatable bonds is 5. The third-order valence-corrected chi connectivity index (χ3v) is 3.69. The maximum absolute atomic E-state index is 10.9. The van der Waals surface area contributed by atoms with Crippen LogP contribution in [0.15, 0.2) is 18.2 Å². The summed E-state index contributed by atoms with van der Waals surface area (Å²) in [5.41, 5.74) is 0.687. The minimum atomic E-state index is -0.432. The zero-order valence-electron chi connectivity index (χ0n) is 11.5. The van der Waals surface area contributed by atoms with Gasteiger partial charge in [0.1, 0.15) is 5.75 Å². The fraction of sp³-hybridized carbons (Fsp3) is 0.571. The standard InChI is InChI=1S/C14H20N2O4/c1-20-14-7-11(6-12(8-14)16(18)19)15-9-10-3-2-4-13(17)5-10/h6-8,10,13,15,17H,2-5,9H2,1H3. The molecule has 0 spiro atoms. The average molecular weight is 280 g/mol. The third kappa shape index (κ3) is 3.84. The number of ether oxygens (including phenoxy) is 1. The molecule has 0 aromatic heterocycles. The Hall–Kier alpha value is -1.82. The van der Waals surface area contributed by atoms with Crippen molar-refractivity contribution >= 4 is 11.4 Å². The van der Waals surface area contributed by atoms with E-state index in [1.807, 2.05) is 0 Å². The van der Waals surface area contributed by atoms with Crippen LogP contribution in [0.4, 0.5) is 11.4 Å². The van der Waals surface area contributed by atoms with Crippen LogP contribution in [0.5, 0.6) is 5.75 Å². The van der Waals surface area contributed by atoms with Crippen molar-refractivity contribution in [2.75, 3.05) is 19.0 Å². The van der Waals surface area contributed by atoms with Crippen molar-refractivity contribution in [2.24, 2.45) is 5.92 Å². The number of benzene rings is 1. The fourth-order valence-corrected chi connectivity index (χ4v) is 2.62. The third-order valence-electron chi connectivity index (χ3n) is 3.69. The SMILES string of the molecule is COc1cc(NCC2CCCC(O)C2)cc([N+](=O)[O-])c1. The molecule has 0 radical (unpaired) electrons. The number of hydrogen-bond acceptors (Lipinski definition) is 5. The first-order valence-corrected chi connectivity index (χ1v) is 6.84. The van der Waals surface area contributed by atoms with E-state index in [4.69, 9.17) is 4.74 Å². The Labute approximate surface area is 117 Å². The number of nitro benzene ring substituents is 1. The molecular weight excluding hydrogens is 260 g/mol. The number of non-ortho nitro benzene ring substituents is 1. The van der Waals surface area contributed by atoms with E-state index in [9.17, 15) is 15.2 Å². The van der Waals surface area contributed by atoms with Gasteiger partial charge in [0.05, 0.1) is 24.2 Å². The van der Waals surface area contributed by atoms with Gasteiger partial charge < -0.3 is 15.2 Å². The van der Waals surface area contributed by atoms with E-state index in [-0.39, 0.29) is 11.8 Å². The van der Waals surface area contributed by atoms with Gasteiger partial charge in [-0.15, -0.1) is 0 Å². The zero-order valence-corrected chi connectivity index (χ0v) is 11.5. The van der Waals surface area contributed by atoms with Gasteiger partial charge in [-0.2, -0.15) is 0 Å². The maximum atomic E-state index is 10.9. The van der Waals surface area contributed by atoms with E-state index in [1.165, 1.54) is 19.2 Å². The molecule has 110 valence electrons. The van der Waals surface area contributed by atoms with E-state index in [0.717, 1.165) is 25.7 Å². The summed E-state index contributed by atoms with van der Waals surface area (Å²) in [5.74, 6) is 0.870. The number of aliphatic hydroxyl groups is 1. The van der Waals surface area contributed by atoms with Gasteiger partial charge in [-0.3, -0.25) is 10.1 Å². The van der Waals surface area contributed by atoms with Crippen molar-refractivity contribution in [1.82, 2.24) is 0 Å². The lowest BCUT2D eigenvalue weighted by Crippen LogP contribution is -2.25. The largest absolute Gasteiger partial charge is 0.496 e. The summed E-state index contributed by atoms with van der Waals surface area (Å²) in [5, 5.41) is 23.7. The van der Waals surface area contributed by atoms with Crippen LogP contribution in [0.2, 0.25) is 0 Å². The lowest BCUT2D eigenvalue weighted by Gasteiger charge is -2.26. The monoisotopic (exact) mass is 280 g/mol. The Morgan fingerprint density at radius 2 is 2.25 bits per heavy atom. The molecule has 0 bridgehead atoms. The second-order valence-electron chi connectivity index (χ2n) is 5.24. The molecule has 1 aliphatic rings. The lowest BCUT2D eigenvalue weighted by atomic mass is 9.87. The fourth-order valence-electron chi connectivity index (χ4n) is 2.62. The Balaban J connectivity index is 2.01. The van der Waals surface area contributed by atoms with Crippen molar-refractivity contribution in [1.29, 1.82) is 0 Å². The summed E-state index contributed by atoms with van der Waals surface area (Å²) >= 11 is 0. The molecule has 6 heteroatoms. The molecule has 0 amide bonds. The van der Waals surface area contributed by atoms with Gasteiger partial charge in [0.15, 0.2) is 0 Å². The molecule has 2 rings (SSSR count). The molecule has 6 nitrogen and oxygen atoms in total. The normalized spacial score (nSPS) is 22.3. The molecule has 0 heterocycles. The second kappa shape index (κ2) is 6.56. The first-order chi connectivity index (χ1) is 9.58. The Morgan fingerprint density at radius 1 is 1.45 bits per heavy atom. The van der Waals surface area contributed by atoms with Crippen molar-refractivity contribution in [3.8, 4) is 5.75 Å². The molecule has 1 aromatic carbocycles. The first kappa shape index (κ1) is 14.6. The molecule has 0 saturated heterocycles. The summed E-state index contributed by atoms with van der Waals surface area (Å²) in [6, 6.07) is 4.64. The minimum absolute atomic E-state index is 0.00975. The summed E-state index contributed by atoms with van der Waals surface area (Å²) in [6.07, 6.45) is 3.57. The molecular formula is C14H20N2O4. The molecule has 20 heavy (non-hydrogen) atoms. The smallest absolute Gasteiger partial charge is 0.275 e. The number of nitrogens with one attached hydrogen (secondary N) is 1. The Morgan fingerprint density at radius 3 is 2.90 bits per heavy atom. The number of anilines is 1. The highest BCUT2D eigenvalue weighted by Gasteiger charge is 2.20. The van der Waals surface area contributed by atoms with Gasteiger partial charge >= 0.3 is 0 Å². The van der Waals surface area contributed by atoms with Crippen LogP contribution >= 0.6 is 0 Å². The van der Waals surface area contributed by atoms with Crippen LogP contribution < -0.4 is 10.1 Å². The predicted molar refractivity (Wildman–Crippen MR) is 76.1 cm³/mol. The van der Waals surface area contributed by atoms with Gasteiger partial charge in [-0.05, 0) is 25.2 Å². The molecule has 1 aromatic rings. The van der Waals surface area contributed by atoms with Crippen molar-refractivity contribution in [3.63, 3.8) is 0 Å². The summed E-state index contributed by atoms with van der Waals surface area (Å²) in [6.45, 7) is 0.710. The summed E-state index contributed by atoms with van der Waals surface area (Å²) < 4.78 is 5.07. The van der Waals surface area contributed by atoms with Crippen LogP contribution in [0.25, 0.3) is 0 Å². The molecule has 1 fully saturated rings. The van der Waals surface area contributed by atoms with E-state index in [2.05, 4.69) is 5.32 Å². The Kier molecular flexibility index (Phi) is 4.79. The van der Waals surface area contributed by atoms with E-state index in [1.54, 1.807) is 6.07 Å².